The fourth-order valence-electron chi connectivity index (χ4n) is 1.67. The van der Waals surface area contributed by atoms with E-state index in [0.717, 1.165) is 32.6 Å². The van der Waals surface area contributed by atoms with E-state index in [-0.39, 0.29) is 6.10 Å². The lowest BCUT2D eigenvalue weighted by molar-refractivity contribution is -0.134. The Bertz CT molecular complexity index is 230. The smallest absolute Gasteiger partial charge is 0.300 e. The Balaban J connectivity index is 0. The minimum Gasteiger partial charge on any atom is -0.481 e. The topological polar surface area (TPSA) is 57.5 Å². The molecule has 19 heavy (non-hydrogen) atoms. The molecule has 0 aliphatic carbocycles. The molecule has 0 saturated heterocycles. The predicted octanol–water partition coefficient (Wildman–Crippen LogP) is 4.32. The number of carboxylic acid groups (broad SMARTS) is 1. The van der Waals surface area contributed by atoms with Crippen LogP contribution >= 0.6 is 0 Å². The molecule has 0 bridgehead atoms. The van der Waals surface area contributed by atoms with E-state index >= 15 is 0 Å². The fourth-order valence-corrected chi connectivity index (χ4v) is 1.67. The number of allylic oxidation sites excluding steroid dienone is 3. The van der Waals surface area contributed by atoms with Crippen LogP contribution in [0.4, 0.5) is 0 Å². The Morgan fingerprint density at radius 2 is 1.79 bits per heavy atom. The van der Waals surface area contributed by atoms with Crippen LogP contribution in [0, 0.1) is 0 Å². The van der Waals surface area contributed by atoms with E-state index in [9.17, 15) is 5.11 Å². The van der Waals surface area contributed by atoms with Crippen LogP contribution in [-0.2, 0) is 4.79 Å². The van der Waals surface area contributed by atoms with E-state index < -0.39 is 5.97 Å². The van der Waals surface area contributed by atoms with E-state index in [1.54, 1.807) is 0 Å². The molecule has 1 atom stereocenters. The third kappa shape index (κ3) is 26.5. The second-order valence-corrected chi connectivity index (χ2v) is 4.62. The maximum atomic E-state index is 9.50. The van der Waals surface area contributed by atoms with Crippen molar-refractivity contribution < 1.29 is 15.0 Å². The molecule has 0 fully saturated rings. The molecule has 2 N–H and O–H groups in total. The number of aliphatic hydroxyl groups excluding tert-OH is 1. The Morgan fingerprint density at radius 1 is 1.21 bits per heavy atom. The Kier molecular flexibility index (Phi) is 18.0. The van der Waals surface area contributed by atoms with Crippen LogP contribution in [0.25, 0.3) is 0 Å². The molecule has 0 heterocycles. The molecule has 3 heteroatoms. The summed E-state index contributed by atoms with van der Waals surface area (Å²) in [5, 5.41) is 16.9. The van der Waals surface area contributed by atoms with Crippen molar-refractivity contribution in [3.63, 3.8) is 0 Å². The first-order valence-electron chi connectivity index (χ1n) is 7.19. The molecule has 3 nitrogen and oxygen atoms in total. The third-order valence-electron chi connectivity index (χ3n) is 2.55. The highest BCUT2D eigenvalue weighted by molar-refractivity contribution is 5.62. The lowest BCUT2D eigenvalue weighted by atomic mass is 10.1. The van der Waals surface area contributed by atoms with Crippen LogP contribution < -0.4 is 0 Å². The van der Waals surface area contributed by atoms with Crippen LogP contribution in [0.3, 0.4) is 0 Å². The molecule has 1 unspecified atom stereocenters. The van der Waals surface area contributed by atoms with Gasteiger partial charge < -0.3 is 10.2 Å². The van der Waals surface area contributed by atoms with Crippen LogP contribution in [0.1, 0.15) is 65.2 Å². The third-order valence-corrected chi connectivity index (χ3v) is 2.55. The van der Waals surface area contributed by atoms with Gasteiger partial charge in [0.25, 0.3) is 5.97 Å². The maximum absolute atomic E-state index is 9.50. The van der Waals surface area contributed by atoms with E-state index in [1.807, 2.05) is 12.2 Å². The van der Waals surface area contributed by atoms with Crippen molar-refractivity contribution in [2.24, 2.45) is 0 Å². The Hall–Kier alpha value is -1.09. The Morgan fingerprint density at radius 3 is 2.32 bits per heavy atom. The van der Waals surface area contributed by atoms with Crippen molar-refractivity contribution in [3.05, 3.63) is 24.8 Å². The van der Waals surface area contributed by atoms with Gasteiger partial charge in [0, 0.05) is 6.92 Å². The summed E-state index contributed by atoms with van der Waals surface area (Å²) in [7, 11) is 0. The summed E-state index contributed by atoms with van der Waals surface area (Å²) in [6.45, 7) is 6.83. The second kappa shape index (κ2) is 16.9. The number of carboxylic acids is 1. The molecule has 0 aromatic rings. The zero-order valence-corrected chi connectivity index (χ0v) is 12.5. The molecular weight excluding hydrogens is 240 g/mol. The van der Waals surface area contributed by atoms with Gasteiger partial charge in [0.05, 0.1) is 6.10 Å². The summed E-state index contributed by atoms with van der Waals surface area (Å²) in [5.74, 6) is -0.833. The predicted molar refractivity (Wildman–Crippen MR) is 81.3 cm³/mol. The van der Waals surface area contributed by atoms with Crippen LogP contribution in [0.15, 0.2) is 24.8 Å². The number of hydrogen-bond donors (Lipinski definition) is 2. The lowest BCUT2D eigenvalue weighted by Crippen LogP contribution is -2.04. The molecule has 112 valence electrons. The normalized spacial score (nSPS) is 11.7. The summed E-state index contributed by atoms with van der Waals surface area (Å²) in [5.41, 5.74) is 0. The van der Waals surface area contributed by atoms with Crippen LogP contribution in [0.5, 0.6) is 0 Å². The zero-order valence-electron chi connectivity index (χ0n) is 12.5. The van der Waals surface area contributed by atoms with Gasteiger partial charge >= 0.3 is 0 Å². The van der Waals surface area contributed by atoms with Gasteiger partial charge in [-0.2, -0.15) is 0 Å². The molecule has 0 aromatic heterocycles. The van der Waals surface area contributed by atoms with Crippen molar-refractivity contribution in [2.75, 3.05) is 0 Å². The number of aliphatic carboxylic acids is 1. The van der Waals surface area contributed by atoms with Gasteiger partial charge in [-0.15, -0.1) is 0 Å². The van der Waals surface area contributed by atoms with Crippen molar-refractivity contribution in [1.82, 2.24) is 0 Å². The number of unbranched alkanes of at least 4 members (excludes halogenated alkanes) is 4. The van der Waals surface area contributed by atoms with Crippen molar-refractivity contribution in [2.45, 2.75) is 71.3 Å². The SMILES string of the molecule is C=CC=CCCCCCCC(O)CCC.CC(=O)O. The van der Waals surface area contributed by atoms with Gasteiger partial charge in [-0.1, -0.05) is 57.4 Å². The summed E-state index contributed by atoms with van der Waals surface area (Å²) < 4.78 is 0. The molecule has 0 spiro atoms. The highest BCUT2D eigenvalue weighted by Crippen LogP contribution is 2.10. The van der Waals surface area contributed by atoms with E-state index in [0.29, 0.717) is 0 Å². The maximum Gasteiger partial charge on any atom is 0.300 e. The highest BCUT2D eigenvalue weighted by atomic mass is 16.4. The average molecular weight is 270 g/mol. The largest absolute Gasteiger partial charge is 0.481 e. The number of aliphatic hydroxyl groups is 1. The summed E-state index contributed by atoms with van der Waals surface area (Å²) in [6.07, 6.45) is 15.1. The minimum atomic E-state index is -0.833. The quantitative estimate of drug-likeness (QED) is 0.459. The van der Waals surface area contributed by atoms with Gasteiger partial charge in [-0.05, 0) is 25.7 Å². The van der Waals surface area contributed by atoms with Crippen LogP contribution in [0.2, 0.25) is 0 Å². The molecule has 0 rings (SSSR count). The van der Waals surface area contributed by atoms with Crippen LogP contribution in [-0.4, -0.2) is 22.3 Å². The first kappa shape index (κ1) is 20.2. The molecule has 0 amide bonds. The standard InChI is InChI=1S/C14H26O.C2H4O2/c1-3-5-6-7-8-9-10-11-13-14(15)12-4-2;1-2(3)4/h3,5-6,14-15H,1,4,7-13H2,2H3;1H3,(H,3,4). The van der Waals surface area contributed by atoms with Gasteiger partial charge in [-0.3, -0.25) is 4.79 Å². The highest BCUT2D eigenvalue weighted by Gasteiger charge is 2.00. The first-order valence-corrected chi connectivity index (χ1v) is 7.19. The summed E-state index contributed by atoms with van der Waals surface area (Å²) in [6, 6.07) is 0. The molecule has 0 radical (unpaired) electrons. The second-order valence-electron chi connectivity index (χ2n) is 4.62. The molecule has 0 aliphatic heterocycles. The minimum absolute atomic E-state index is 0.0596. The monoisotopic (exact) mass is 270 g/mol. The average Bonchev–Trinajstić information content (AvgIpc) is 2.32. The number of hydrogen-bond acceptors (Lipinski definition) is 2. The molecule has 0 saturated carbocycles. The lowest BCUT2D eigenvalue weighted by Gasteiger charge is -2.07. The van der Waals surface area contributed by atoms with Crippen molar-refractivity contribution in [3.8, 4) is 0 Å². The van der Waals surface area contributed by atoms with Gasteiger partial charge in [-0.25, -0.2) is 0 Å². The molecule has 0 aliphatic rings. The molecule has 0 aromatic carbocycles. The number of rotatable bonds is 10. The first-order chi connectivity index (χ1) is 9.04. The molecular formula is C16H30O3. The van der Waals surface area contributed by atoms with Gasteiger partial charge in [0.15, 0.2) is 0 Å². The van der Waals surface area contributed by atoms with E-state index in [2.05, 4.69) is 19.6 Å². The van der Waals surface area contributed by atoms with E-state index in [4.69, 9.17) is 9.90 Å². The van der Waals surface area contributed by atoms with E-state index in [1.165, 1.54) is 25.7 Å². The number of carbonyl (C=O) groups is 1. The zero-order chi connectivity index (χ0) is 14.9. The summed E-state index contributed by atoms with van der Waals surface area (Å²) >= 11 is 0. The summed E-state index contributed by atoms with van der Waals surface area (Å²) in [4.78, 5) is 9.00. The van der Waals surface area contributed by atoms with Gasteiger partial charge in [0.1, 0.15) is 0 Å². The van der Waals surface area contributed by atoms with Gasteiger partial charge in [0.2, 0.25) is 0 Å². The fraction of sp³-hybridized carbons (Fsp3) is 0.688. The van der Waals surface area contributed by atoms with Crippen molar-refractivity contribution in [1.29, 1.82) is 0 Å². The Labute approximate surface area is 118 Å². The van der Waals surface area contributed by atoms with Crippen molar-refractivity contribution >= 4 is 5.97 Å².